The second kappa shape index (κ2) is 6.85. The number of hydrogen-bond donors (Lipinski definition) is 1. The summed E-state index contributed by atoms with van der Waals surface area (Å²) in [7, 11) is 0. The summed E-state index contributed by atoms with van der Waals surface area (Å²) in [6, 6.07) is 12.7. The normalized spacial score (nSPS) is 10.3. The van der Waals surface area contributed by atoms with Gasteiger partial charge in [-0.25, -0.2) is 0 Å². The van der Waals surface area contributed by atoms with Crippen molar-refractivity contribution in [3.8, 4) is 0 Å². The summed E-state index contributed by atoms with van der Waals surface area (Å²) in [5, 5.41) is 2.77. The fourth-order valence-corrected chi connectivity index (χ4v) is 2.13. The number of nitrogens with zero attached hydrogens (tertiary/aromatic N) is 1. The molecule has 114 valence electrons. The van der Waals surface area contributed by atoms with Crippen LogP contribution in [0.15, 0.2) is 47.3 Å². The van der Waals surface area contributed by atoms with Gasteiger partial charge in [-0.05, 0) is 31.5 Å². The van der Waals surface area contributed by atoms with E-state index in [9.17, 15) is 14.4 Å². The zero-order chi connectivity index (χ0) is 16.1. The summed E-state index contributed by atoms with van der Waals surface area (Å²) >= 11 is 0. The Morgan fingerprint density at radius 1 is 1.09 bits per heavy atom. The highest BCUT2D eigenvalue weighted by atomic mass is 16.2. The zero-order valence-corrected chi connectivity index (χ0v) is 12.6. The first-order chi connectivity index (χ1) is 10.5. The van der Waals surface area contributed by atoms with Gasteiger partial charge in [0.1, 0.15) is 6.54 Å². The third kappa shape index (κ3) is 3.69. The van der Waals surface area contributed by atoms with E-state index in [1.807, 2.05) is 30.3 Å². The summed E-state index contributed by atoms with van der Waals surface area (Å²) in [6.45, 7) is 3.38. The summed E-state index contributed by atoms with van der Waals surface area (Å²) in [5.41, 5.74) is 1.30. The molecule has 0 saturated heterocycles. The molecule has 2 aromatic rings. The molecule has 1 N–H and O–H groups in total. The van der Waals surface area contributed by atoms with Gasteiger partial charge in [-0.2, -0.15) is 0 Å². The van der Waals surface area contributed by atoms with Crippen LogP contribution in [0.2, 0.25) is 0 Å². The van der Waals surface area contributed by atoms with Gasteiger partial charge in [0.15, 0.2) is 5.78 Å². The van der Waals surface area contributed by atoms with Crippen molar-refractivity contribution in [2.45, 2.75) is 26.9 Å². The molecule has 1 aromatic heterocycles. The molecule has 0 bridgehead atoms. The number of pyridine rings is 1. The Kier molecular flexibility index (Phi) is 4.88. The van der Waals surface area contributed by atoms with E-state index >= 15 is 0 Å². The van der Waals surface area contributed by atoms with Crippen LogP contribution in [0.25, 0.3) is 0 Å². The summed E-state index contributed by atoms with van der Waals surface area (Å²) in [5.74, 6) is -0.571. The van der Waals surface area contributed by atoms with Crippen molar-refractivity contribution in [3.63, 3.8) is 0 Å². The highest BCUT2D eigenvalue weighted by molar-refractivity contribution is 5.93. The summed E-state index contributed by atoms with van der Waals surface area (Å²) in [4.78, 5) is 35.6. The van der Waals surface area contributed by atoms with Crippen molar-refractivity contribution in [2.75, 3.05) is 0 Å². The number of Topliss-reactive ketones (excluding diaryl/α,β-unsaturated/α-hetero) is 1. The van der Waals surface area contributed by atoms with Gasteiger partial charge in [-0.1, -0.05) is 30.3 Å². The summed E-state index contributed by atoms with van der Waals surface area (Å²) < 4.78 is 1.32. The van der Waals surface area contributed by atoms with Gasteiger partial charge in [0.25, 0.3) is 5.56 Å². The van der Waals surface area contributed by atoms with Crippen LogP contribution in [0.1, 0.15) is 28.5 Å². The fourth-order valence-electron chi connectivity index (χ4n) is 2.13. The van der Waals surface area contributed by atoms with E-state index in [-0.39, 0.29) is 23.8 Å². The molecule has 1 amide bonds. The first-order valence-corrected chi connectivity index (χ1v) is 7.01. The number of amides is 1. The van der Waals surface area contributed by atoms with Gasteiger partial charge in [-0.3, -0.25) is 14.4 Å². The largest absolute Gasteiger partial charge is 0.350 e. The van der Waals surface area contributed by atoms with Crippen LogP contribution in [-0.2, 0) is 17.9 Å². The van der Waals surface area contributed by atoms with E-state index in [0.29, 0.717) is 12.2 Å². The summed E-state index contributed by atoms with van der Waals surface area (Å²) in [6.07, 6.45) is 0. The molecular formula is C17H18N2O3. The quantitative estimate of drug-likeness (QED) is 0.854. The minimum Gasteiger partial charge on any atom is -0.350 e. The Bertz CT molecular complexity index is 748. The van der Waals surface area contributed by atoms with Gasteiger partial charge in [0, 0.05) is 12.2 Å². The molecule has 2 rings (SSSR count). The lowest BCUT2D eigenvalue weighted by Crippen LogP contribution is -2.34. The van der Waals surface area contributed by atoms with Crippen LogP contribution in [0.3, 0.4) is 0 Å². The molecule has 0 aliphatic rings. The zero-order valence-electron chi connectivity index (χ0n) is 12.6. The number of carbonyl (C=O) groups is 2. The molecule has 1 heterocycles. The fraction of sp³-hybridized carbons (Fsp3) is 0.235. The average molecular weight is 298 g/mol. The monoisotopic (exact) mass is 298 g/mol. The van der Waals surface area contributed by atoms with Gasteiger partial charge in [-0.15, -0.1) is 0 Å². The minimum absolute atomic E-state index is 0.0986. The number of nitrogens with one attached hydrogen (secondary N) is 1. The molecule has 5 heteroatoms. The molecule has 0 spiro atoms. The molecule has 0 radical (unpaired) electrons. The molecule has 0 saturated carbocycles. The minimum atomic E-state index is -0.428. The SMILES string of the molecule is CC(=O)c1ccc(C)n(CC(=O)NCc2ccccc2)c1=O. The molecule has 0 fully saturated rings. The number of aryl methyl sites for hydroxylation is 1. The highest BCUT2D eigenvalue weighted by Gasteiger charge is 2.12. The third-order valence-corrected chi connectivity index (χ3v) is 3.41. The van der Waals surface area contributed by atoms with E-state index in [2.05, 4.69) is 5.32 Å². The maximum absolute atomic E-state index is 12.2. The first kappa shape index (κ1) is 15.7. The number of rotatable bonds is 5. The van der Waals surface area contributed by atoms with Crippen molar-refractivity contribution in [2.24, 2.45) is 0 Å². The van der Waals surface area contributed by atoms with Crippen LogP contribution >= 0.6 is 0 Å². The lowest BCUT2D eigenvalue weighted by molar-refractivity contribution is -0.121. The van der Waals surface area contributed by atoms with Gasteiger partial charge in [0.2, 0.25) is 5.91 Å². The third-order valence-electron chi connectivity index (χ3n) is 3.41. The lowest BCUT2D eigenvalue weighted by Gasteiger charge is -2.11. The second-order valence-corrected chi connectivity index (χ2v) is 5.10. The van der Waals surface area contributed by atoms with Crippen molar-refractivity contribution in [3.05, 3.63) is 69.6 Å². The van der Waals surface area contributed by atoms with Gasteiger partial charge >= 0.3 is 0 Å². The van der Waals surface area contributed by atoms with Crippen molar-refractivity contribution < 1.29 is 9.59 Å². The van der Waals surface area contributed by atoms with E-state index in [4.69, 9.17) is 0 Å². The average Bonchev–Trinajstić information content (AvgIpc) is 2.50. The molecule has 0 atom stereocenters. The molecular weight excluding hydrogens is 280 g/mol. The lowest BCUT2D eigenvalue weighted by atomic mass is 10.2. The van der Waals surface area contributed by atoms with Gasteiger partial charge in [0.05, 0.1) is 5.56 Å². The maximum atomic E-state index is 12.2. The number of hydrogen-bond acceptors (Lipinski definition) is 3. The van der Waals surface area contributed by atoms with Gasteiger partial charge < -0.3 is 9.88 Å². The predicted molar refractivity (Wildman–Crippen MR) is 83.7 cm³/mol. The first-order valence-electron chi connectivity index (χ1n) is 7.01. The Labute approximate surface area is 128 Å². The molecule has 22 heavy (non-hydrogen) atoms. The van der Waals surface area contributed by atoms with Crippen molar-refractivity contribution in [1.82, 2.24) is 9.88 Å². The second-order valence-electron chi connectivity index (χ2n) is 5.10. The predicted octanol–water partition coefficient (Wildman–Crippen LogP) is 1.68. The van der Waals surface area contributed by atoms with E-state index in [1.165, 1.54) is 17.6 Å². The Balaban J connectivity index is 2.10. The molecule has 0 aliphatic carbocycles. The highest BCUT2D eigenvalue weighted by Crippen LogP contribution is 2.01. The number of ketones is 1. The van der Waals surface area contributed by atoms with E-state index < -0.39 is 5.56 Å². The van der Waals surface area contributed by atoms with Crippen molar-refractivity contribution >= 4 is 11.7 Å². The van der Waals surface area contributed by atoms with Crippen LogP contribution in [0, 0.1) is 6.92 Å². The smallest absolute Gasteiger partial charge is 0.262 e. The van der Waals surface area contributed by atoms with Crippen LogP contribution in [0.4, 0.5) is 0 Å². The molecule has 0 unspecified atom stereocenters. The molecule has 5 nitrogen and oxygen atoms in total. The standard InChI is InChI=1S/C17H18N2O3/c1-12-8-9-15(13(2)20)17(22)19(12)11-16(21)18-10-14-6-4-3-5-7-14/h3-9H,10-11H2,1-2H3,(H,18,21). The molecule has 0 aliphatic heterocycles. The Morgan fingerprint density at radius 3 is 2.41 bits per heavy atom. The Hall–Kier alpha value is -2.69. The number of benzene rings is 1. The van der Waals surface area contributed by atoms with Crippen LogP contribution < -0.4 is 10.9 Å². The van der Waals surface area contributed by atoms with Crippen LogP contribution in [-0.4, -0.2) is 16.3 Å². The van der Waals surface area contributed by atoms with E-state index in [0.717, 1.165) is 5.56 Å². The van der Waals surface area contributed by atoms with Crippen molar-refractivity contribution in [1.29, 1.82) is 0 Å². The Morgan fingerprint density at radius 2 is 1.77 bits per heavy atom. The number of aromatic nitrogens is 1. The molecule has 1 aromatic carbocycles. The maximum Gasteiger partial charge on any atom is 0.262 e. The van der Waals surface area contributed by atoms with E-state index in [1.54, 1.807) is 13.0 Å². The van der Waals surface area contributed by atoms with Crippen LogP contribution in [0.5, 0.6) is 0 Å². The number of carbonyl (C=O) groups excluding carboxylic acids is 2. The topological polar surface area (TPSA) is 68.2 Å².